The monoisotopic (exact) mass is 296 g/mol. The number of aliphatic hydroxyl groups is 1. The number of nitro groups is 1. The Labute approximate surface area is 120 Å². The summed E-state index contributed by atoms with van der Waals surface area (Å²) in [5.41, 5.74) is 0.540. The number of carboxylic acids is 1. The van der Waals surface area contributed by atoms with E-state index in [1.807, 2.05) is 0 Å². The number of benzene rings is 1. The third-order valence-corrected chi connectivity index (χ3v) is 3.48. The molecule has 1 fully saturated rings. The van der Waals surface area contributed by atoms with E-state index >= 15 is 0 Å². The molecule has 8 heteroatoms. The van der Waals surface area contributed by atoms with Gasteiger partial charge in [-0.1, -0.05) is 0 Å². The lowest BCUT2D eigenvalue weighted by Crippen LogP contribution is -2.44. The van der Waals surface area contributed by atoms with Gasteiger partial charge in [-0.3, -0.25) is 10.1 Å². The third kappa shape index (κ3) is 3.11. The predicted molar refractivity (Wildman–Crippen MR) is 73.8 cm³/mol. The molecule has 1 heterocycles. The minimum absolute atomic E-state index is 0.130. The Morgan fingerprint density at radius 1 is 1.57 bits per heavy atom. The number of nitro benzene ring substituents is 1. The fourth-order valence-electron chi connectivity index (χ4n) is 2.37. The van der Waals surface area contributed by atoms with Gasteiger partial charge < -0.3 is 19.8 Å². The minimum atomic E-state index is -1.22. The molecule has 1 aromatic carbocycles. The van der Waals surface area contributed by atoms with E-state index in [0.29, 0.717) is 30.9 Å². The molecule has 1 atom stereocenters. The van der Waals surface area contributed by atoms with Gasteiger partial charge in [0.1, 0.15) is 0 Å². The molecule has 0 radical (unpaired) electrons. The molecule has 2 rings (SSSR count). The molecule has 114 valence electrons. The van der Waals surface area contributed by atoms with Crippen LogP contribution < -0.4 is 4.90 Å². The van der Waals surface area contributed by atoms with Crippen molar-refractivity contribution < 1.29 is 24.7 Å². The fourth-order valence-corrected chi connectivity index (χ4v) is 2.37. The number of aliphatic hydroxyl groups excluding tert-OH is 1. The molecule has 1 aromatic rings. The summed E-state index contributed by atoms with van der Waals surface area (Å²) in [6.45, 7) is 2.64. The number of carboxylic acid groups (broad SMARTS) is 1. The number of nitrogens with zero attached hydrogens (tertiary/aromatic N) is 2. The van der Waals surface area contributed by atoms with Crippen LogP contribution in [0.4, 0.5) is 11.4 Å². The molecular weight excluding hydrogens is 280 g/mol. The highest BCUT2D eigenvalue weighted by molar-refractivity contribution is 5.90. The summed E-state index contributed by atoms with van der Waals surface area (Å²) < 4.78 is 5.33. The molecule has 0 aliphatic carbocycles. The lowest BCUT2D eigenvalue weighted by atomic mass is 10.1. The van der Waals surface area contributed by atoms with Crippen LogP contribution in [0.5, 0.6) is 0 Å². The maximum absolute atomic E-state index is 11.1. The van der Waals surface area contributed by atoms with Crippen molar-refractivity contribution >= 4 is 17.3 Å². The summed E-state index contributed by atoms with van der Waals surface area (Å²) >= 11 is 0. The average molecular weight is 296 g/mol. The van der Waals surface area contributed by atoms with Crippen LogP contribution in [0.3, 0.4) is 0 Å². The van der Waals surface area contributed by atoms with Crippen molar-refractivity contribution in [3.05, 3.63) is 33.4 Å². The number of carbonyl (C=O) groups is 1. The largest absolute Gasteiger partial charge is 0.478 e. The smallest absolute Gasteiger partial charge is 0.336 e. The van der Waals surface area contributed by atoms with Crippen LogP contribution in [0.1, 0.15) is 15.9 Å². The zero-order valence-electron chi connectivity index (χ0n) is 11.5. The van der Waals surface area contributed by atoms with Crippen molar-refractivity contribution in [2.24, 2.45) is 0 Å². The van der Waals surface area contributed by atoms with Crippen LogP contribution >= 0.6 is 0 Å². The number of rotatable bonds is 4. The van der Waals surface area contributed by atoms with E-state index < -0.39 is 10.9 Å². The fraction of sp³-hybridized carbons (Fsp3) is 0.462. The van der Waals surface area contributed by atoms with E-state index in [1.165, 1.54) is 6.07 Å². The Hall–Kier alpha value is -2.19. The number of morpholine rings is 1. The molecule has 0 amide bonds. The summed E-state index contributed by atoms with van der Waals surface area (Å²) in [5, 5.41) is 29.3. The summed E-state index contributed by atoms with van der Waals surface area (Å²) in [7, 11) is 0. The van der Waals surface area contributed by atoms with Gasteiger partial charge in [-0.25, -0.2) is 4.79 Å². The van der Waals surface area contributed by atoms with Gasteiger partial charge in [0, 0.05) is 24.8 Å². The standard InChI is InChI=1S/C13H16N2O6/c1-8-11(14-2-3-21-10(6-14)7-16)4-9(13(17)18)5-12(8)15(19)20/h4-5,10,16H,2-3,6-7H2,1H3,(H,17,18). The Bertz CT molecular complexity index is 574. The molecule has 0 aromatic heterocycles. The minimum Gasteiger partial charge on any atom is -0.478 e. The van der Waals surface area contributed by atoms with Gasteiger partial charge in [0.2, 0.25) is 0 Å². The van der Waals surface area contributed by atoms with Gasteiger partial charge in [0.25, 0.3) is 5.69 Å². The lowest BCUT2D eigenvalue weighted by molar-refractivity contribution is -0.385. The normalized spacial score (nSPS) is 18.6. The van der Waals surface area contributed by atoms with Crippen LogP contribution in [0.2, 0.25) is 0 Å². The van der Waals surface area contributed by atoms with E-state index in [4.69, 9.17) is 14.9 Å². The number of ether oxygens (including phenoxy) is 1. The molecule has 8 nitrogen and oxygen atoms in total. The van der Waals surface area contributed by atoms with E-state index in [-0.39, 0.29) is 24.0 Å². The third-order valence-electron chi connectivity index (χ3n) is 3.48. The average Bonchev–Trinajstić information content (AvgIpc) is 2.46. The van der Waals surface area contributed by atoms with Crippen LogP contribution in [0.25, 0.3) is 0 Å². The highest BCUT2D eigenvalue weighted by Crippen LogP contribution is 2.31. The van der Waals surface area contributed by atoms with E-state index in [9.17, 15) is 14.9 Å². The van der Waals surface area contributed by atoms with Gasteiger partial charge in [-0.2, -0.15) is 0 Å². The Balaban J connectivity index is 2.46. The first-order valence-corrected chi connectivity index (χ1v) is 6.43. The summed E-state index contributed by atoms with van der Waals surface area (Å²) in [4.78, 5) is 23.4. The second-order valence-electron chi connectivity index (χ2n) is 4.82. The van der Waals surface area contributed by atoms with Gasteiger partial charge in [-0.15, -0.1) is 0 Å². The second-order valence-corrected chi connectivity index (χ2v) is 4.82. The zero-order chi connectivity index (χ0) is 15.6. The highest BCUT2D eigenvalue weighted by atomic mass is 16.6. The first kappa shape index (κ1) is 15.2. The molecule has 0 saturated carbocycles. The van der Waals surface area contributed by atoms with E-state index in [2.05, 4.69) is 0 Å². The van der Waals surface area contributed by atoms with E-state index in [1.54, 1.807) is 11.8 Å². The maximum atomic E-state index is 11.1. The van der Waals surface area contributed by atoms with Crippen molar-refractivity contribution in [2.75, 3.05) is 31.2 Å². The molecule has 2 N–H and O–H groups in total. The first-order chi connectivity index (χ1) is 9.93. The van der Waals surface area contributed by atoms with Crippen LogP contribution in [-0.2, 0) is 4.74 Å². The zero-order valence-corrected chi connectivity index (χ0v) is 11.5. The van der Waals surface area contributed by atoms with Crippen LogP contribution in [-0.4, -0.2) is 53.5 Å². The Morgan fingerprint density at radius 3 is 2.86 bits per heavy atom. The molecule has 0 bridgehead atoms. The molecular formula is C13H16N2O6. The van der Waals surface area contributed by atoms with Crippen molar-refractivity contribution in [1.29, 1.82) is 0 Å². The molecule has 1 unspecified atom stereocenters. The molecule has 21 heavy (non-hydrogen) atoms. The number of anilines is 1. The predicted octanol–water partition coefficient (Wildman–Crippen LogP) is 0.799. The number of hydrogen-bond acceptors (Lipinski definition) is 6. The first-order valence-electron chi connectivity index (χ1n) is 6.43. The lowest BCUT2D eigenvalue weighted by Gasteiger charge is -2.34. The van der Waals surface area contributed by atoms with Gasteiger partial charge in [0.15, 0.2) is 0 Å². The van der Waals surface area contributed by atoms with Gasteiger partial charge in [0.05, 0.1) is 35.4 Å². The van der Waals surface area contributed by atoms with Crippen LogP contribution in [0, 0.1) is 17.0 Å². The number of aromatic carboxylic acids is 1. The molecule has 1 saturated heterocycles. The molecule has 0 spiro atoms. The van der Waals surface area contributed by atoms with Crippen molar-refractivity contribution in [2.45, 2.75) is 13.0 Å². The van der Waals surface area contributed by atoms with Gasteiger partial charge >= 0.3 is 5.97 Å². The van der Waals surface area contributed by atoms with Crippen molar-refractivity contribution in [3.63, 3.8) is 0 Å². The highest BCUT2D eigenvalue weighted by Gasteiger charge is 2.26. The summed E-state index contributed by atoms with van der Waals surface area (Å²) in [5.74, 6) is -1.22. The van der Waals surface area contributed by atoms with Gasteiger partial charge in [-0.05, 0) is 13.0 Å². The Morgan fingerprint density at radius 2 is 2.29 bits per heavy atom. The van der Waals surface area contributed by atoms with Crippen molar-refractivity contribution in [1.82, 2.24) is 0 Å². The summed E-state index contributed by atoms with van der Waals surface area (Å²) in [6.07, 6.45) is -0.384. The molecule has 1 aliphatic heterocycles. The molecule has 1 aliphatic rings. The Kier molecular flexibility index (Phi) is 4.39. The van der Waals surface area contributed by atoms with Crippen molar-refractivity contribution in [3.8, 4) is 0 Å². The summed E-state index contributed by atoms with van der Waals surface area (Å²) in [6, 6.07) is 2.48. The quantitative estimate of drug-likeness (QED) is 0.624. The maximum Gasteiger partial charge on any atom is 0.336 e. The topological polar surface area (TPSA) is 113 Å². The SMILES string of the molecule is Cc1c(N2CCOC(CO)C2)cc(C(=O)O)cc1[N+](=O)[O-]. The van der Waals surface area contributed by atoms with E-state index in [0.717, 1.165) is 6.07 Å². The number of hydrogen-bond donors (Lipinski definition) is 2. The second kappa shape index (κ2) is 6.06. The van der Waals surface area contributed by atoms with Crippen LogP contribution in [0.15, 0.2) is 12.1 Å².